The number of benzene rings is 3. The van der Waals surface area contributed by atoms with Gasteiger partial charge in [0, 0.05) is 5.57 Å². The molecule has 0 saturated carbocycles. The van der Waals surface area contributed by atoms with Gasteiger partial charge in [0.1, 0.15) is 17.5 Å². The average Bonchev–Trinajstić information content (AvgIpc) is 3.18. The van der Waals surface area contributed by atoms with E-state index in [1.54, 1.807) is 0 Å². The number of aryl methyl sites for hydroxylation is 2. The number of aromatic nitrogens is 2. The summed E-state index contributed by atoms with van der Waals surface area (Å²) in [6, 6.07) is 19.7. The number of carbonyl (C=O) groups excluding carboxylic acids is 1. The molecule has 5 rings (SSSR count). The molecule has 0 amide bonds. The molecular formula is C26H18FN5O. The lowest BCUT2D eigenvalue weighted by molar-refractivity contribution is 0.0901. The fourth-order valence-electron chi connectivity index (χ4n) is 4.00. The molecule has 1 aliphatic heterocycles. The summed E-state index contributed by atoms with van der Waals surface area (Å²) in [5.41, 5.74) is 5.14. The first-order valence-electron chi connectivity index (χ1n) is 10.4. The Bertz CT molecular complexity index is 1510. The molecule has 0 radical (unpaired) electrons. The molecule has 1 unspecified atom stereocenters. The van der Waals surface area contributed by atoms with Gasteiger partial charge in [0.25, 0.3) is 5.91 Å². The summed E-state index contributed by atoms with van der Waals surface area (Å²) >= 11 is 0. The van der Waals surface area contributed by atoms with Crippen molar-refractivity contribution in [2.24, 2.45) is 10.2 Å². The van der Waals surface area contributed by atoms with Crippen LogP contribution in [0, 0.1) is 31.0 Å². The van der Waals surface area contributed by atoms with E-state index >= 15 is 0 Å². The van der Waals surface area contributed by atoms with Gasteiger partial charge in [-0.1, -0.05) is 30.3 Å². The molecule has 0 fully saturated rings. The number of hydrogen-bond donors (Lipinski definition) is 0. The second-order valence-corrected chi connectivity index (χ2v) is 7.90. The monoisotopic (exact) mass is 435 g/mol. The molecule has 160 valence electrons. The van der Waals surface area contributed by atoms with Gasteiger partial charge >= 0.3 is 0 Å². The molecule has 0 bridgehead atoms. The van der Waals surface area contributed by atoms with Crippen molar-refractivity contribution in [3.05, 3.63) is 95.1 Å². The summed E-state index contributed by atoms with van der Waals surface area (Å²) in [7, 11) is 0. The van der Waals surface area contributed by atoms with E-state index in [4.69, 9.17) is 0 Å². The molecule has 3 aromatic carbocycles. The van der Waals surface area contributed by atoms with Crippen LogP contribution in [-0.4, -0.2) is 21.5 Å². The van der Waals surface area contributed by atoms with Crippen molar-refractivity contribution in [3.8, 4) is 6.07 Å². The number of imidazole rings is 1. The van der Waals surface area contributed by atoms with Gasteiger partial charge in [-0.15, -0.1) is 0 Å². The van der Waals surface area contributed by atoms with Crippen LogP contribution >= 0.6 is 0 Å². The van der Waals surface area contributed by atoms with Crippen LogP contribution in [0.2, 0.25) is 0 Å². The highest BCUT2D eigenvalue weighted by Crippen LogP contribution is 2.38. The van der Waals surface area contributed by atoms with E-state index < -0.39 is 6.04 Å². The van der Waals surface area contributed by atoms with Crippen LogP contribution in [-0.2, 0) is 0 Å². The molecule has 6 nitrogen and oxygen atoms in total. The zero-order valence-electron chi connectivity index (χ0n) is 18.0. The van der Waals surface area contributed by atoms with E-state index in [0.29, 0.717) is 33.7 Å². The van der Waals surface area contributed by atoms with Crippen LogP contribution < -0.4 is 0 Å². The van der Waals surface area contributed by atoms with Gasteiger partial charge in [0.2, 0.25) is 0 Å². The molecule has 0 saturated heterocycles. The van der Waals surface area contributed by atoms with E-state index in [1.165, 1.54) is 28.8 Å². The first-order chi connectivity index (χ1) is 16.0. The number of allylic oxidation sites excluding steroid dienone is 1. The number of fused-ring (bicyclic) bond motifs is 3. The number of azo groups is 1. The largest absolute Gasteiger partial charge is 0.271 e. The molecule has 1 aliphatic rings. The zero-order chi connectivity index (χ0) is 23.1. The van der Waals surface area contributed by atoms with Gasteiger partial charge in [-0.2, -0.15) is 15.5 Å². The third kappa shape index (κ3) is 3.42. The maximum atomic E-state index is 13.8. The second kappa shape index (κ2) is 7.92. The SMILES string of the molecule is Cc1cc2nc3n(c2cc1C)C(=O)C(N=Nc1ccc(F)cc1)C(c1ccccc1)=C3C#N. The smallest absolute Gasteiger partial charge is 0.264 e. The number of nitrogens with zero attached hydrogens (tertiary/aromatic N) is 5. The minimum absolute atomic E-state index is 0.273. The van der Waals surface area contributed by atoms with Crippen LogP contribution in [0.3, 0.4) is 0 Å². The van der Waals surface area contributed by atoms with Crippen molar-refractivity contribution < 1.29 is 9.18 Å². The van der Waals surface area contributed by atoms with E-state index in [1.807, 2.05) is 56.3 Å². The van der Waals surface area contributed by atoms with E-state index in [9.17, 15) is 14.4 Å². The molecule has 0 aliphatic carbocycles. The van der Waals surface area contributed by atoms with Crippen molar-refractivity contribution >= 4 is 33.8 Å². The van der Waals surface area contributed by atoms with Crippen molar-refractivity contribution in [1.29, 1.82) is 5.26 Å². The van der Waals surface area contributed by atoms with Crippen LogP contribution in [0.5, 0.6) is 0 Å². The lowest BCUT2D eigenvalue weighted by Crippen LogP contribution is -2.32. The minimum atomic E-state index is -1.06. The van der Waals surface area contributed by atoms with E-state index in [2.05, 4.69) is 21.3 Å². The Labute approximate surface area is 189 Å². The molecule has 0 N–H and O–H groups in total. The molecule has 7 heteroatoms. The average molecular weight is 435 g/mol. The van der Waals surface area contributed by atoms with Crippen molar-refractivity contribution in [3.63, 3.8) is 0 Å². The first kappa shape index (κ1) is 20.5. The predicted molar refractivity (Wildman–Crippen MR) is 123 cm³/mol. The van der Waals surface area contributed by atoms with Gasteiger partial charge in [0.05, 0.1) is 16.7 Å². The number of halogens is 1. The molecule has 1 aromatic heterocycles. The summed E-state index contributed by atoms with van der Waals surface area (Å²) in [6.07, 6.45) is 0. The maximum absolute atomic E-state index is 13.8. The third-order valence-corrected chi connectivity index (χ3v) is 5.80. The van der Waals surface area contributed by atoms with Gasteiger partial charge in [-0.3, -0.25) is 9.36 Å². The van der Waals surface area contributed by atoms with Crippen LogP contribution in [0.15, 0.2) is 77.0 Å². The first-order valence-corrected chi connectivity index (χ1v) is 10.4. The minimum Gasteiger partial charge on any atom is -0.271 e. The van der Waals surface area contributed by atoms with Gasteiger partial charge in [-0.05, 0) is 66.9 Å². The van der Waals surface area contributed by atoms with Crippen molar-refractivity contribution in [2.75, 3.05) is 0 Å². The summed E-state index contributed by atoms with van der Waals surface area (Å²) in [4.78, 5) is 18.4. The highest BCUT2D eigenvalue weighted by molar-refractivity contribution is 6.14. The van der Waals surface area contributed by atoms with Crippen LogP contribution in [0.1, 0.15) is 27.3 Å². The second-order valence-electron chi connectivity index (χ2n) is 7.90. The summed E-state index contributed by atoms with van der Waals surface area (Å²) in [5, 5.41) is 18.7. The summed E-state index contributed by atoms with van der Waals surface area (Å²) in [6.45, 7) is 3.94. The molecule has 2 heterocycles. The zero-order valence-corrected chi connectivity index (χ0v) is 18.0. The Morgan fingerprint density at radius 3 is 2.42 bits per heavy atom. The lowest BCUT2D eigenvalue weighted by atomic mass is 9.90. The van der Waals surface area contributed by atoms with Crippen molar-refractivity contribution in [2.45, 2.75) is 19.9 Å². The van der Waals surface area contributed by atoms with Crippen LogP contribution in [0.4, 0.5) is 10.1 Å². The fraction of sp³-hybridized carbons (Fsp3) is 0.115. The Hall–Kier alpha value is -4.44. The summed E-state index contributed by atoms with van der Waals surface area (Å²) in [5.74, 6) is -0.437. The Morgan fingerprint density at radius 2 is 1.73 bits per heavy atom. The van der Waals surface area contributed by atoms with Gasteiger partial charge in [-0.25, -0.2) is 9.37 Å². The normalized spacial score (nSPS) is 15.8. The Kier molecular flexibility index (Phi) is 4.91. The number of nitriles is 1. The topological polar surface area (TPSA) is 83.4 Å². The standard InChI is InChI=1S/C26H18FN5O/c1-15-12-21-22(13-16(15)2)32-25(29-21)20(14-28)23(17-6-4-3-5-7-17)24(26(32)33)31-30-19-10-8-18(27)9-11-19/h3-13,24H,1-2H3. The van der Waals surface area contributed by atoms with Crippen LogP contribution in [0.25, 0.3) is 22.2 Å². The van der Waals surface area contributed by atoms with Gasteiger partial charge in [0.15, 0.2) is 11.9 Å². The number of rotatable bonds is 3. The predicted octanol–water partition coefficient (Wildman–Crippen LogP) is 6.03. The highest BCUT2D eigenvalue weighted by atomic mass is 19.1. The van der Waals surface area contributed by atoms with E-state index in [-0.39, 0.29) is 17.3 Å². The van der Waals surface area contributed by atoms with Crippen molar-refractivity contribution in [1.82, 2.24) is 9.55 Å². The molecular weight excluding hydrogens is 417 g/mol. The molecule has 1 atom stereocenters. The highest BCUT2D eigenvalue weighted by Gasteiger charge is 2.38. The molecule has 4 aromatic rings. The quantitative estimate of drug-likeness (QED) is 0.368. The maximum Gasteiger partial charge on any atom is 0.264 e. The fourth-order valence-corrected chi connectivity index (χ4v) is 4.00. The number of hydrogen-bond acceptors (Lipinski definition) is 5. The summed E-state index contributed by atoms with van der Waals surface area (Å²) < 4.78 is 14.7. The third-order valence-electron chi connectivity index (χ3n) is 5.80. The Morgan fingerprint density at radius 1 is 1.03 bits per heavy atom. The lowest BCUT2D eigenvalue weighted by Gasteiger charge is -2.23. The van der Waals surface area contributed by atoms with E-state index in [0.717, 1.165) is 11.1 Å². The molecule has 0 spiro atoms. The number of carbonyl (C=O) groups is 1. The van der Waals surface area contributed by atoms with Gasteiger partial charge < -0.3 is 0 Å². The Balaban J connectivity index is 1.77. The molecule has 33 heavy (non-hydrogen) atoms.